The van der Waals surface area contributed by atoms with Gasteiger partial charge < -0.3 is 10.8 Å². The Kier molecular flexibility index (Phi) is 3.46. The Labute approximate surface area is 98.5 Å². The van der Waals surface area contributed by atoms with E-state index in [1.54, 1.807) is 13.8 Å². The molecule has 2 heteroatoms. The van der Waals surface area contributed by atoms with Gasteiger partial charge in [0.25, 0.3) is 0 Å². The monoisotopic (exact) mass is 221 g/mol. The molecule has 0 aromatic heterocycles. The summed E-state index contributed by atoms with van der Waals surface area (Å²) in [5, 5.41) is 9.97. The summed E-state index contributed by atoms with van der Waals surface area (Å²) in [7, 11) is 0. The number of nitrogens with two attached hydrogens (primary N) is 1. The van der Waals surface area contributed by atoms with Crippen molar-refractivity contribution in [3.8, 4) is 0 Å². The fourth-order valence-corrected chi connectivity index (χ4v) is 1.62. The summed E-state index contributed by atoms with van der Waals surface area (Å²) >= 11 is 0. The lowest BCUT2D eigenvalue weighted by atomic mass is 9.82. The van der Waals surface area contributed by atoms with E-state index >= 15 is 0 Å². The molecule has 16 heavy (non-hydrogen) atoms. The minimum Gasteiger partial charge on any atom is -0.386 e. The standard InChI is InChI=1S/C14H23NO/c1-10(13(2,3)15)11-7-6-8-12(9-11)14(4,5)16/h6-10,16H,15H2,1-5H3. The summed E-state index contributed by atoms with van der Waals surface area (Å²) in [5.41, 5.74) is 7.16. The number of rotatable bonds is 3. The Morgan fingerprint density at radius 2 is 1.75 bits per heavy atom. The molecule has 0 spiro atoms. The molecule has 0 amide bonds. The van der Waals surface area contributed by atoms with Crippen LogP contribution in [0.15, 0.2) is 24.3 Å². The highest BCUT2D eigenvalue weighted by Crippen LogP contribution is 2.28. The van der Waals surface area contributed by atoms with Crippen LogP contribution in [0.5, 0.6) is 0 Å². The molecule has 0 aliphatic carbocycles. The van der Waals surface area contributed by atoms with Gasteiger partial charge in [0.15, 0.2) is 0 Å². The second-order valence-corrected chi connectivity index (χ2v) is 5.73. The van der Waals surface area contributed by atoms with E-state index in [-0.39, 0.29) is 11.5 Å². The van der Waals surface area contributed by atoms with Crippen molar-refractivity contribution >= 4 is 0 Å². The summed E-state index contributed by atoms with van der Waals surface area (Å²) < 4.78 is 0. The van der Waals surface area contributed by atoms with E-state index in [0.717, 1.165) is 5.56 Å². The lowest BCUT2D eigenvalue weighted by Gasteiger charge is -2.29. The Bertz CT molecular complexity index is 358. The average molecular weight is 221 g/mol. The Morgan fingerprint density at radius 3 is 2.19 bits per heavy atom. The van der Waals surface area contributed by atoms with Gasteiger partial charge in [-0.3, -0.25) is 0 Å². The van der Waals surface area contributed by atoms with Gasteiger partial charge >= 0.3 is 0 Å². The molecule has 1 aromatic rings. The van der Waals surface area contributed by atoms with Crippen LogP contribution >= 0.6 is 0 Å². The molecule has 90 valence electrons. The molecule has 3 N–H and O–H groups in total. The van der Waals surface area contributed by atoms with Crippen molar-refractivity contribution in [2.45, 2.75) is 51.7 Å². The van der Waals surface area contributed by atoms with Crippen LogP contribution in [0.2, 0.25) is 0 Å². The minimum absolute atomic E-state index is 0.252. The molecule has 0 saturated heterocycles. The van der Waals surface area contributed by atoms with Crippen molar-refractivity contribution in [2.75, 3.05) is 0 Å². The fraction of sp³-hybridized carbons (Fsp3) is 0.571. The van der Waals surface area contributed by atoms with E-state index in [4.69, 9.17) is 5.73 Å². The maximum absolute atomic E-state index is 9.97. The highest BCUT2D eigenvalue weighted by molar-refractivity contribution is 5.30. The number of aliphatic hydroxyl groups is 1. The molecule has 0 aliphatic heterocycles. The zero-order valence-corrected chi connectivity index (χ0v) is 10.9. The Hall–Kier alpha value is -0.860. The topological polar surface area (TPSA) is 46.2 Å². The van der Waals surface area contributed by atoms with Gasteiger partial charge in [0, 0.05) is 5.54 Å². The second-order valence-electron chi connectivity index (χ2n) is 5.73. The fourth-order valence-electron chi connectivity index (χ4n) is 1.62. The summed E-state index contributed by atoms with van der Waals surface area (Å²) in [6, 6.07) is 8.03. The van der Waals surface area contributed by atoms with Gasteiger partial charge in [-0.05, 0) is 44.7 Å². The van der Waals surface area contributed by atoms with E-state index in [0.29, 0.717) is 0 Å². The van der Waals surface area contributed by atoms with Crippen LogP contribution in [-0.2, 0) is 5.60 Å². The van der Waals surface area contributed by atoms with Gasteiger partial charge in [-0.25, -0.2) is 0 Å². The Morgan fingerprint density at radius 1 is 1.19 bits per heavy atom. The molecule has 0 aliphatic rings. The van der Waals surface area contributed by atoms with Crippen LogP contribution < -0.4 is 5.73 Å². The van der Waals surface area contributed by atoms with Crippen LogP contribution in [0.4, 0.5) is 0 Å². The molecule has 1 rings (SSSR count). The number of hydrogen-bond donors (Lipinski definition) is 2. The maximum atomic E-state index is 9.97. The first-order chi connectivity index (χ1) is 7.12. The van der Waals surface area contributed by atoms with Gasteiger partial charge in [-0.15, -0.1) is 0 Å². The van der Waals surface area contributed by atoms with E-state index < -0.39 is 5.60 Å². The smallest absolute Gasteiger partial charge is 0.0840 e. The van der Waals surface area contributed by atoms with Gasteiger partial charge in [-0.2, -0.15) is 0 Å². The van der Waals surface area contributed by atoms with Crippen LogP contribution in [0, 0.1) is 0 Å². The van der Waals surface area contributed by atoms with Gasteiger partial charge in [0.2, 0.25) is 0 Å². The molecule has 0 bridgehead atoms. The highest BCUT2D eigenvalue weighted by Gasteiger charge is 2.24. The highest BCUT2D eigenvalue weighted by atomic mass is 16.3. The first-order valence-corrected chi connectivity index (χ1v) is 5.74. The quantitative estimate of drug-likeness (QED) is 0.824. The first kappa shape index (κ1) is 13.2. The zero-order valence-electron chi connectivity index (χ0n) is 10.9. The third-order valence-electron chi connectivity index (χ3n) is 3.21. The largest absolute Gasteiger partial charge is 0.386 e. The molecule has 0 saturated carbocycles. The lowest BCUT2D eigenvalue weighted by Crippen LogP contribution is -2.37. The zero-order chi connectivity index (χ0) is 12.6. The van der Waals surface area contributed by atoms with Crippen LogP contribution in [0.25, 0.3) is 0 Å². The van der Waals surface area contributed by atoms with E-state index in [2.05, 4.69) is 13.0 Å². The maximum Gasteiger partial charge on any atom is 0.0840 e. The summed E-state index contributed by atoms with van der Waals surface area (Å²) in [6.07, 6.45) is 0. The molecule has 1 atom stereocenters. The number of benzene rings is 1. The van der Waals surface area contributed by atoms with Gasteiger partial charge in [0.05, 0.1) is 5.60 Å². The van der Waals surface area contributed by atoms with Crippen molar-refractivity contribution in [1.29, 1.82) is 0 Å². The summed E-state index contributed by atoms with van der Waals surface area (Å²) in [5.74, 6) is 0.259. The molecular weight excluding hydrogens is 198 g/mol. The molecular formula is C14H23NO. The van der Waals surface area contributed by atoms with Crippen molar-refractivity contribution < 1.29 is 5.11 Å². The normalized spacial score (nSPS) is 14.9. The third-order valence-corrected chi connectivity index (χ3v) is 3.21. The molecule has 1 unspecified atom stereocenters. The molecule has 1 aromatic carbocycles. The summed E-state index contributed by atoms with van der Waals surface area (Å²) in [4.78, 5) is 0. The van der Waals surface area contributed by atoms with Crippen molar-refractivity contribution in [2.24, 2.45) is 5.73 Å². The van der Waals surface area contributed by atoms with Crippen LogP contribution in [-0.4, -0.2) is 10.6 Å². The molecule has 2 nitrogen and oxygen atoms in total. The van der Waals surface area contributed by atoms with Gasteiger partial charge in [0.1, 0.15) is 0 Å². The van der Waals surface area contributed by atoms with E-state index in [9.17, 15) is 5.11 Å². The summed E-state index contributed by atoms with van der Waals surface area (Å²) in [6.45, 7) is 9.75. The number of hydrogen-bond acceptors (Lipinski definition) is 2. The average Bonchev–Trinajstić information content (AvgIpc) is 2.14. The van der Waals surface area contributed by atoms with Crippen molar-refractivity contribution in [3.05, 3.63) is 35.4 Å². The van der Waals surface area contributed by atoms with Gasteiger partial charge in [-0.1, -0.05) is 31.2 Å². The van der Waals surface area contributed by atoms with Crippen LogP contribution in [0.1, 0.15) is 51.7 Å². The minimum atomic E-state index is -0.797. The third kappa shape index (κ3) is 3.06. The second kappa shape index (κ2) is 4.19. The van der Waals surface area contributed by atoms with E-state index in [1.165, 1.54) is 5.56 Å². The predicted molar refractivity (Wildman–Crippen MR) is 68.4 cm³/mol. The van der Waals surface area contributed by atoms with E-state index in [1.807, 2.05) is 32.0 Å². The predicted octanol–water partition coefficient (Wildman–Crippen LogP) is 2.75. The van der Waals surface area contributed by atoms with Crippen molar-refractivity contribution in [3.63, 3.8) is 0 Å². The van der Waals surface area contributed by atoms with Crippen LogP contribution in [0.3, 0.4) is 0 Å². The molecule has 0 radical (unpaired) electrons. The first-order valence-electron chi connectivity index (χ1n) is 5.74. The van der Waals surface area contributed by atoms with Crippen molar-refractivity contribution in [1.82, 2.24) is 0 Å². The Balaban J connectivity index is 3.09. The molecule has 0 fully saturated rings. The lowest BCUT2D eigenvalue weighted by molar-refractivity contribution is 0.0784. The SMILES string of the molecule is CC(c1cccc(C(C)(C)O)c1)C(C)(C)N. The molecule has 0 heterocycles.